The van der Waals surface area contributed by atoms with Crippen LogP contribution in [-0.4, -0.2) is 5.91 Å². The Hall–Kier alpha value is -0.590. The Bertz CT molecular complexity index is 655. The van der Waals surface area contributed by atoms with Gasteiger partial charge in [-0.3, -0.25) is 4.79 Å². The lowest BCUT2D eigenvalue weighted by Gasteiger charge is -2.12. The zero-order valence-corrected chi connectivity index (χ0v) is 14.4. The molecule has 2 heterocycles. The van der Waals surface area contributed by atoms with E-state index in [0.717, 1.165) is 29.7 Å². The second kappa shape index (κ2) is 6.03. The van der Waals surface area contributed by atoms with Gasteiger partial charge in [0.25, 0.3) is 0 Å². The molecule has 2 aromatic rings. The minimum atomic E-state index is -0.126. The molecule has 1 aliphatic heterocycles. The van der Waals surface area contributed by atoms with Crippen LogP contribution in [0.25, 0.3) is 0 Å². The van der Waals surface area contributed by atoms with Gasteiger partial charge in [-0.15, -0.1) is 22.9 Å². The van der Waals surface area contributed by atoms with Gasteiger partial charge < -0.3 is 5.32 Å². The van der Waals surface area contributed by atoms with E-state index in [2.05, 4.69) is 45.4 Å². The summed E-state index contributed by atoms with van der Waals surface area (Å²) in [7, 11) is 0. The van der Waals surface area contributed by atoms with Crippen LogP contribution in [0, 0.1) is 2.88 Å². The highest BCUT2D eigenvalue weighted by molar-refractivity contribution is 14.1. The van der Waals surface area contributed by atoms with Crippen molar-refractivity contribution in [1.29, 1.82) is 0 Å². The Labute approximate surface area is 140 Å². The molecule has 20 heavy (non-hydrogen) atoms. The molecule has 1 N–H and O–H groups in total. The fraction of sp³-hybridized carbons (Fsp3) is 0.267. The Morgan fingerprint density at radius 1 is 1.25 bits per heavy atom. The number of hydrogen-bond acceptors (Lipinski definition) is 2. The SMILES string of the molecule is O=C1CCCc2cc(C(Cl)c3csc(I)c3)ccc2N1. The number of nitrogens with one attached hydrogen (secondary N) is 1. The molecule has 1 amide bonds. The summed E-state index contributed by atoms with van der Waals surface area (Å²) in [6.45, 7) is 0. The van der Waals surface area contributed by atoms with Gasteiger partial charge in [0.1, 0.15) is 0 Å². The topological polar surface area (TPSA) is 29.1 Å². The van der Waals surface area contributed by atoms with Gasteiger partial charge >= 0.3 is 0 Å². The standard InChI is InChI=1S/C15H13ClINOS/c16-15(11-7-13(17)20-8-11)10-4-5-12-9(6-10)2-1-3-14(19)18-12/h4-8,15H,1-3H2,(H,18,19). The minimum absolute atomic E-state index is 0.103. The van der Waals surface area contributed by atoms with E-state index in [1.807, 2.05) is 12.1 Å². The molecular weight excluding hydrogens is 405 g/mol. The Morgan fingerprint density at radius 3 is 2.85 bits per heavy atom. The lowest BCUT2D eigenvalue weighted by atomic mass is 10.0. The van der Waals surface area contributed by atoms with Gasteiger partial charge in [0.2, 0.25) is 5.91 Å². The fourth-order valence-electron chi connectivity index (χ4n) is 2.40. The van der Waals surface area contributed by atoms with Crippen LogP contribution in [0.4, 0.5) is 5.69 Å². The predicted molar refractivity (Wildman–Crippen MR) is 92.7 cm³/mol. The van der Waals surface area contributed by atoms with E-state index in [0.29, 0.717) is 6.42 Å². The first-order valence-electron chi connectivity index (χ1n) is 6.44. The van der Waals surface area contributed by atoms with Crippen LogP contribution in [0.1, 0.15) is 34.9 Å². The molecule has 1 atom stereocenters. The summed E-state index contributed by atoms with van der Waals surface area (Å²) in [5, 5.41) is 4.93. The van der Waals surface area contributed by atoms with Crippen LogP contribution in [-0.2, 0) is 11.2 Å². The summed E-state index contributed by atoms with van der Waals surface area (Å²) in [6, 6.07) is 8.23. The molecule has 104 valence electrons. The zero-order chi connectivity index (χ0) is 14.1. The summed E-state index contributed by atoms with van der Waals surface area (Å²) < 4.78 is 1.24. The number of rotatable bonds is 2. The smallest absolute Gasteiger partial charge is 0.224 e. The monoisotopic (exact) mass is 417 g/mol. The quantitative estimate of drug-likeness (QED) is 0.543. The number of amides is 1. The average molecular weight is 418 g/mol. The van der Waals surface area contributed by atoms with E-state index in [1.54, 1.807) is 11.3 Å². The van der Waals surface area contributed by atoms with Crippen LogP contribution in [0.15, 0.2) is 29.6 Å². The number of thiophene rings is 1. The van der Waals surface area contributed by atoms with E-state index in [4.69, 9.17) is 11.6 Å². The number of anilines is 1. The molecule has 1 aromatic carbocycles. The third-order valence-electron chi connectivity index (χ3n) is 3.43. The summed E-state index contributed by atoms with van der Waals surface area (Å²) >= 11 is 10.6. The van der Waals surface area contributed by atoms with E-state index in [1.165, 1.54) is 8.45 Å². The molecule has 0 saturated heterocycles. The second-order valence-corrected chi connectivity index (χ2v) is 8.11. The highest BCUT2D eigenvalue weighted by Gasteiger charge is 2.17. The third kappa shape index (κ3) is 3.02. The molecular formula is C15H13ClINOS. The van der Waals surface area contributed by atoms with Crippen molar-refractivity contribution in [2.75, 3.05) is 5.32 Å². The summed E-state index contributed by atoms with van der Waals surface area (Å²) in [4.78, 5) is 11.6. The van der Waals surface area contributed by atoms with Crippen molar-refractivity contribution in [3.8, 4) is 0 Å². The molecule has 0 spiro atoms. The molecule has 0 bridgehead atoms. The molecule has 3 rings (SSSR count). The van der Waals surface area contributed by atoms with Gasteiger partial charge in [0.15, 0.2) is 0 Å². The van der Waals surface area contributed by atoms with Crippen molar-refractivity contribution in [2.45, 2.75) is 24.6 Å². The number of carbonyl (C=O) groups excluding carboxylic acids is 1. The zero-order valence-electron chi connectivity index (χ0n) is 10.7. The first-order chi connectivity index (χ1) is 9.63. The van der Waals surface area contributed by atoms with Crippen LogP contribution in [0.5, 0.6) is 0 Å². The van der Waals surface area contributed by atoms with Gasteiger partial charge in [-0.05, 0) is 69.6 Å². The maximum absolute atomic E-state index is 11.6. The third-order valence-corrected chi connectivity index (χ3v) is 5.74. The van der Waals surface area contributed by atoms with Crippen molar-refractivity contribution in [1.82, 2.24) is 0 Å². The Balaban J connectivity index is 1.92. The van der Waals surface area contributed by atoms with Crippen molar-refractivity contribution in [2.24, 2.45) is 0 Å². The maximum atomic E-state index is 11.6. The van der Waals surface area contributed by atoms with Gasteiger partial charge in [-0.1, -0.05) is 12.1 Å². The van der Waals surface area contributed by atoms with Crippen molar-refractivity contribution >= 4 is 57.1 Å². The van der Waals surface area contributed by atoms with E-state index in [-0.39, 0.29) is 11.3 Å². The lowest BCUT2D eigenvalue weighted by Crippen LogP contribution is -2.09. The minimum Gasteiger partial charge on any atom is -0.326 e. The molecule has 5 heteroatoms. The average Bonchev–Trinajstić information content (AvgIpc) is 2.77. The normalized spacial score (nSPS) is 16.2. The van der Waals surface area contributed by atoms with E-state index < -0.39 is 0 Å². The highest BCUT2D eigenvalue weighted by atomic mass is 127. The number of aryl methyl sites for hydroxylation is 1. The number of hydrogen-bond donors (Lipinski definition) is 1. The van der Waals surface area contributed by atoms with Gasteiger partial charge in [-0.2, -0.15) is 0 Å². The molecule has 0 aliphatic carbocycles. The molecule has 1 aromatic heterocycles. The van der Waals surface area contributed by atoms with Crippen molar-refractivity contribution < 1.29 is 4.79 Å². The van der Waals surface area contributed by atoms with E-state index >= 15 is 0 Å². The number of fused-ring (bicyclic) bond motifs is 1. The number of halogens is 2. The fourth-order valence-corrected chi connectivity index (χ4v) is 4.14. The molecule has 0 saturated carbocycles. The Kier molecular flexibility index (Phi) is 4.33. The van der Waals surface area contributed by atoms with Crippen LogP contribution in [0.3, 0.4) is 0 Å². The van der Waals surface area contributed by atoms with Crippen molar-refractivity contribution in [3.05, 3.63) is 49.2 Å². The molecule has 2 nitrogen and oxygen atoms in total. The molecule has 1 aliphatic rings. The van der Waals surface area contributed by atoms with Crippen LogP contribution >= 0.6 is 45.5 Å². The summed E-state index contributed by atoms with van der Waals surface area (Å²) in [5.41, 5.74) is 4.35. The first kappa shape index (κ1) is 14.4. The van der Waals surface area contributed by atoms with Crippen molar-refractivity contribution in [3.63, 3.8) is 0 Å². The Morgan fingerprint density at radius 2 is 2.10 bits per heavy atom. The summed E-state index contributed by atoms with van der Waals surface area (Å²) in [5.74, 6) is 0.103. The number of benzene rings is 1. The first-order valence-corrected chi connectivity index (χ1v) is 8.83. The van der Waals surface area contributed by atoms with Gasteiger partial charge in [0.05, 0.1) is 8.26 Å². The second-order valence-electron chi connectivity index (χ2n) is 4.87. The van der Waals surface area contributed by atoms with E-state index in [9.17, 15) is 4.79 Å². The predicted octanol–water partition coefficient (Wildman–Crippen LogP) is 4.96. The molecule has 1 unspecified atom stereocenters. The van der Waals surface area contributed by atoms with Crippen LogP contribution < -0.4 is 5.32 Å². The largest absolute Gasteiger partial charge is 0.326 e. The lowest BCUT2D eigenvalue weighted by molar-refractivity contribution is -0.116. The molecule has 0 fully saturated rings. The van der Waals surface area contributed by atoms with Crippen LogP contribution in [0.2, 0.25) is 0 Å². The number of carbonyl (C=O) groups is 1. The summed E-state index contributed by atoms with van der Waals surface area (Å²) in [6.07, 6.45) is 2.41. The number of alkyl halides is 1. The maximum Gasteiger partial charge on any atom is 0.224 e. The van der Waals surface area contributed by atoms with Gasteiger partial charge in [-0.25, -0.2) is 0 Å². The molecule has 0 radical (unpaired) electrons. The van der Waals surface area contributed by atoms with Gasteiger partial charge in [0, 0.05) is 12.1 Å². The highest BCUT2D eigenvalue weighted by Crippen LogP contribution is 2.34.